The van der Waals surface area contributed by atoms with Crippen molar-refractivity contribution >= 4 is 17.0 Å². The maximum atomic E-state index is 3.83. The molecule has 0 bridgehead atoms. The molecule has 1 heteroatoms. The quantitative estimate of drug-likeness (QED) is 0.682. The van der Waals surface area contributed by atoms with Crippen LogP contribution in [-0.4, -0.2) is 4.98 Å². The Balaban J connectivity index is 2.39. The molecule has 1 N–H and O–H groups in total. The molecule has 0 aliphatic carbocycles. The lowest BCUT2D eigenvalue weighted by molar-refractivity contribution is 1.47. The van der Waals surface area contributed by atoms with Gasteiger partial charge in [-0.3, -0.25) is 0 Å². The molecular weight excluding hydrogens is 170 g/mol. The normalized spacial score (nSPS) is 11.2. The minimum absolute atomic E-state index is 1.07. The van der Waals surface area contributed by atoms with Crippen molar-refractivity contribution in [3.63, 3.8) is 0 Å². The van der Waals surface area contributed by atoms with Crippen LogP contribution in [-0.2, 0) is 0 Å². The maximum Gasteiger partial charge on any atom is 0.0459 e. The fourth-order valence-corrected chi connectivity index (χ4v) is 1.41. The number of aromatic nitrogens is 1. The molecule has 0 saturated heterocycles. The monoisotopic (exact) mass is 183 g/mol. The molecular formula is C13H13N. The predicted octanol–water partition coefficient (Wildman–Crippen LogP) is 3.76. The smallest absolute Gasteiger partial charge is 0.0459 e. The van der Waals surface area contributed by atoms with Crippen molar-refractivity contribution in [3.8, 4) is 0 Å². The molecule has 0 aliphatic rings. The van der Waals surface area contributed by atoms with Crippen LogP contribution in [0.3, 0.4) is 0 Å². The maximum absolute atomic E-state index is 3.83. The van der Waals surface area contributed by atoms with Crippen LogP contribution in [0.5, 0.6) is 0 Å². The number of hydrogen-bond acceptors (Lipinski definition) is 0. The molecule has 0 amide bonds. The van der Waals surface area contributed by atoms with E-state index in [0.29, 0.717) is 0 Å². The number of aromatic amines is 1. The molecule has 0 aliphatic heterocycles. The molecule has 0 radical (unpaired) electrons. The Morgan fingerprint density at radius 3 is 3.00 bits per heavy atom. The molecule has 0 atom stereocenters. The summed E-state index contributed by atoms with van der Waals surface area (Å²) >= 11 is 0. The van der Waals surface area contributed by atoms with Crippen LogP contribution in [0.15, 0.2) is 48.7 Å². The third-order valence-electron chi connectivity index (χ3n) is 2.14. The van der Waals surface area contributed by atoms with Gasteiger partial charge in [-0.15, -0.1) is 0 Å². The van der Waals surface area contributed by atoms with Gasteiger partial charge in [0.15, 0.2) is 0 Å². The Morgan fingerprint density at radius 1 is 1.36 bits per heavy atom. The van der Waals surface area contributed by atoms with Gasteiger partial charge >= 0.3 is 0 Å². The molecule has 2 rings (SSSR count). The van der Waals surface area contributed by atoms with Crippen molar-refractivity contribution in [2.45, 2.75) is 6.92 Å². The van der Waals surface area contributed by atoms with E-state index in [-0.39, 0.29) is 0 Å². The van der Waals surface area contributed by atoms with Crippen molar-refractivity contribution in [1.82, 2.24) is 4.98 Å². The van der Waals surface area contributed by atoms with Crippen LogP contribution in [0.4, 0.5) is 0 Å². The second kappa shape index (κ2) is 3.54. The van der Waals surface area contributed by atoms with Gasteiger partial charge in [0.2, 0.25) is 0 Å². The average molecular weight is 183 g/mol. The first kappa shape index (κ1) is 8.82. The van der Waals surface area contributed by atoms with Gasteiger partial charge in [-0.1, -0.05) is 36.4 Å². The highest BCUT2D eigenvalue weighted by molar-refractivity contribution is 5.81. The topological polar surface area (TPSA) is 15.8 Å². The van der Waals surface area contributed by atoms with E-state index in [4.69, 9.17) is 0 Å². The Kier molecular flexibility index (Phi) is 2.23. The minimum Gasteiger partial charge on any atom is -0.361 e. The largest absolute Gasteiger partial charge is 0.361 e. The highest BCUT2D eigenvalue weighted by Gasteiger charge is 1.93. The highest BCUT2D eigenvalue weighted by Crippen LogP contribution is 2.15. The van der Waals surface area contributed by atoms with Gasteiger partial charge in [0.05, 0.1) is 0 Å². The molecule has 0 spiro atoms. The first-order valence-electron chi connectivity index (χ1n) is 4.66. The third kappa shape index (κ3) is 1.77. The van der Waals surface area contributed by atoms with Crippen LogP contribution in [0, 0.1) is 0 Å². The van der Waals surface area contributed by atoms with Crippen molar-refractivity contribution in [2.75, 3.05) is 0 Å². The van der Waals surface area contributed by atoms with E-state index in [9.17, 15) is 0 Å². The van der Waals surface area contributed by atoms with E-state index in [1.807, 2.05) is 19.2 Å². The van der Waals surface area contributed by atoms with E-state index in [0.717, 1.165) is 5.57 Å². The molecule has 0 saturated carbocycles. The van der Waals surface area contributed by atoms with Gasteiger partial charge in [-0.2, -0.15) is 0 Å². The van der Waals surface area contributed by atoms with Gasteiger partial charge in [0.1, 0.15) is 0 Å². The molecule has 1 aromatic carbocycles. The molecule has 2 aromatic rings. The molecule has 14 heavy (non-hydrogen) atoms. The summed E-state index contributed by atoms with van der Waals surface area (Å²) in [6.45, 7) is 5.82. The number of allylic oxidation sites excluding steroid dienone is 2. The zero-order valence-electron chi connectivity index (χ0n) is 8.25. The Bertz CT molecular complexity index is 489. The van der Waals surface area contributed by atoms with Gasteiger partial charge in [0, 0.05) is 11.7 Å². The fraction of sp³-hybridized carbons (Fsp3) is 0.0769. The zero-order chi connectivity index (χ0) is 9.97. The number of H-pyrrole nitrogens is 1. The fourth-order valence-electron chi connectivity index (χ4n) is 1.41. The lowest BCUT2D eigenvalue weighted by atomic mass is 10.1. The summed E-state index contributed by atoms with van der Waals surface area (Å²) in [5.74, 6) is 0. The van der Waals surface area contributed by atoms with Crippen molar-refractivity contribution in [3.05, 3.63) is 54.3 Å². The number of rotatable bonds is 2. The van der Waals surface area contributed by atoms with Crippen LogP contribution in [0.2, 0.25) is 0 Å². The molecule has 1 heterocycles. The first-order chi connectivity index (χ1) is 6.75. The molecule has 1 aromatic heterocycles. The van der Waals surface area contributed by atoms with Gasteiger partial charge in [-0.05, 0) is 30.0 Å². The van der Waals surface area contributed by atoms with Crippen LogP contribution >= 0.6 is 0 Å². The van der Waals surface area contributed by atoms with Crippen LogP contribution < -0.4 is 0 Å². The van der Waals surface area contributed by atoms with E-state index in [2.05, 4.69) is 41.9 Å². The Morgan fingerprint density at radius 2 is 2.21 bits per heavy atom. The van der Waals surface area contributed by atoms with Crippen molar-refractivity contribution in [2.24, 2.45) is 0 Å². The number of benzene rings is 1. The van der Waals surface area contributed by atoms with Gasteiger partial charge in [-0.25, -0.2) is 0 Å². The summed E-state index contributed by atoms with van der Waals surface area (Å²) in [6.07, 6.45) is 6.05. The van der Waals surface area contributed by atoms with E-state index >= 15 is 0 Å². The summed E-state index contributed by atoms with van der Waals surface area (Å²) in [5, 5.41) is 1.25. The minimum atomic E-state index is 1.07. The predicted molar refractivity (Wildman–Crippen MR) is 62.1 cm³/mol. The summed E-state index contributed by atoms with van der Waals surface area (Å²) in [5.41, 5.74) is 3.44. The molecule has 1 nitrogen and oxygen atoms in total. The molecule has 0 unspecified atom stereocenters. The average Bonchev–Trinajstić information content (AvgIpc) is 2.61. The van der Waals surface area contributed by atoms with Gasteiger partial charge < -0.3 is 4.98 Å². The van der Waals surface area contributed by atoms with Crippen LogP contribution in [0.25, 0.3) is 17.0 Å². The summed E-state index contributed by atoms with van der Waals surface area (Å²) in [6, 6.07) is 8.43. The summed E-state index contributed by atoms with van der Waals surface area (Å²) in [7, 11) is 0. The van der Waals surface area contributed by atoms with Gasteiger partial charge in [0.25, 0.3) is 0 Å². The van der Waals surface area contributed by atoms with Crippen LogP contribution in [0.1, 0.15) is 12.5 Å². The number of nitrogens with one attached hydrogen (secondary N) is 1. The van der Waals surface area contributed by atoms with E-state index in [1.165, 1.54) is 16.5 Å². The lowest BCUT2D eigenvalue weighted by Crippen LogP contribution is -1.73. The third-order valence-corrected chi connectivity index (χ3v) is 2.14. The Hall–Kier alpha value is -1.76. The van der Waals surface area contributed by atoms with Crippen molar-refractivity contribution < 1.29 is 0 Å². The summed E-state index contributed by atoms with van der Waals surface area (Å²) in [4.78, 5) is 3.19. The SMILES string of the molecule is C=C(C)C=Cc1ccc2cc[nH]c2c1. The first-order valence-corrected chi connectivity index (χ1v) is 4.66. The highest BCUT2D eigenvalue weighted by atomic mass is 14.7. The standard InChI is InChI=1S/C13H13N/c1-10(2)3-4-11-5-6-12-7-8-14-13(12)9-11/h3-9,14H,1H2,2H3. The lowest BCUT2D eigenvalue weighted by Gasteiger charge is -1.94. The molecule has 0 fully saturated rings. The second-order valence-electron chi connectivity index (χ2n) is 3.50. The number of fused-ring (bicyclic) bond motifs is 1. The number of hydrogen-bond donors (Lipinski definition) is 1. The van der Waals surface area contributed by atoms with Crippen molar-refractivity contribution in [1.29, 1.82) is 0 Å². The second-order valence-corrected chi connectivity index (χ2v) is 3.50. The van der Waals surface area contributed by atoms with E-state index in [1.54, 1.807) is 0 Å². The zero-order valence-corrected chi connectivity index (χ0v) is 8.25. The Labute approximate surface area is 83.8 Å². The summed E-state index contributed by atoms with van der Waals surface area (Å²) < 4.78 is 0. The van der Waals surface area contributed by atoms with E-state index < -0.39 is 0 Å². The molecule has 70 valence electrons.